The van der Waals surface area contributed by atoms with Crippen LogP contribution in [0.5, 0.6) is 0 Å². The Hall–Kier alpha value is -2.61. The van der Waals surface area contributed by atoms with Gasteiger partial charge in [-0.1, -0.05) is 12.8 Å². The molecule has 25 heavy (non-hydrogen) atoms. The molecule has 0 radical (unpaired) electrons. The number of hydrogen-bond acceptors (Lipinski definition) is 6. The van der Waals surface area contributed by atoms with Crippen LogP contribution in [0.25, 0.3) is 0 Å². The third-order valence-electron chi connectivity index (χ3n) is 3.84. The number of ether oxygens (including phenoxy) is 1. The van der Waals surface area contributed by atoms with Gasteiger partial charge < -0.3 is 19.8 Å². The third kappa shape index (κ3) is 4.69. The maximum atomic E-state index is 12.0. The summed E-state index contributed by atoms with van der Waals surface area (Å²) in [6, 6.07) is 6.49. The van der Waals surface area contributed by atoms with Gasteiger partial charge in [-0.15, -0.1) is 11.3 Å². The lowest BCUT2D eigenvalue weighted by molar-refractivity contribution is -0.124. The van der Waals surface area contributed by atoms with E-state index in [1.54, 1.807) is 24.3 Å². The molecule has 2 heterocycles. The number of anilines is 1. The van der Waals surface area contributed by atoms with Gasteiger partial charge in [0.25, 0.3) is 11.8 Å². The van der Waals surface area contributed by atoms with Crippen LogP contribution in [0.3, 0.4) is 0 Å². The molecule has 132 valence electrons. The van der Waals surface area contributed by atoms with E-state index in [0.29, 0.717) is 9.88 Å². The second kappa shape index (κ2) is 7.98. The van der Waals surface area contributed by atoms with E-state index >= 15 is 0 Å². The SMILES string of the molecule is O=C(COC(=O)c1ccc(NC(=O)c2ccco2)s1)NC1CCCC1. The van der Waals surface area contributed by atoms with Crippen molar-refractivity contribution in [3.63, 3.8) is 0 Å². The van der Waals surface area contributed by atoms with Crippen LogP contribution in [0, 0.1) is 0 Å². The summed E-state index contributed by atoms with van der Waals surface area (Å²) in [5, 5.41) is 5.97. The topological polar surface area (TPSA) is 97.6 Å². The van der Waals surface area contributed by atoms with Gasteiger partial charge >= 0.3 is 5.97 Å². The van der Waals surface area contributed by atoms with Gasteiger partial charge in [0, 0.05) is 6.04 Å². The zero-order chi connectivity index (χ0) is 17.6. The van der Waals surface area contributed by atoms with Gasteiger partial charge in [0.05, 0.1) is 11.3 Å². The molecule has 0 bridgehead atoms. The maximum absolute atomic E-state index is 12.0. The first kappa shape index (κ1) is 17.2. The van der Waals surface area contributed by atoms with E-state index in [1.807, 2.05) is 0 Å². The van der Waals surface area contributed by atoms with Crippen LogP contribution in [0.2, 0.25) is 0 Å². The molecule has 2 amide bonds. The first-order valence-corrected chi connectivity index (χ1v) is 8.84. The molecule has 1 aliphatic rings. The highest BCUT2D eigenvalue weighted by Crippen LogP contribution is 2.23. The summed E-state index contributed by atoms with van der Waals surface area (Å²) in [6.07, 6.45) is 5.59. The van der Waals surface area contributed by atoms with Crippen molar-refractivity contribution in [1.29, 1.82) is 0 Å². The zero-order valence-corrected chi connectivity index (χ0v) is 14.3. The van der Waals surface area contributed by atoms with Crippen molar-refractivity contribution >= 4 is 34.1 Å². The second-order valence-electron chi connectivity index (χ2n) is 5.72. The molecule has 1 saturated carbocycles. The first-order chi connectivity index (χ1) is 12.1. The van der Waals surface area contributed by atoms with Crippen molar-refractivity contribution < 1.29 is 23.5 Å². The molecule has 2 N–H and O–H groups in total. The Morgan fingerprint density at radius 2 is 2.00 bits per heavy atom. The average Bonchev–Trinajstić information content (AvgIpc) is 3.34. The molecule has 7 nitrogen and oxygen atoms in total. The van der Waals surface area contributed by atoms with E-state index in [1.165, 1.54) is 6.26 Å². The Morgan fingerprint density at radius 3 is 2.72 bits per heavy atom. The molecule has 3 rings (SSSR count). The van der Waals surface area contributed by atoms with Gasteiger partial charge in [0.1, 0.15) is 4.88 Å². The Bertz CT molecular complexity index is 747. The number of nitrogens with one attached hydrogen (secondary N) is 2. The van der Waals surface area contributed by atoms with Gasteiger partial charge in [-0.2, -0.15) is 0 Å². The van der Waals surface area contributed by atoms with Gasteiger partial charge in [-0.3, -0.25) is 9.59 Å². The predicted molar refractivity (Wildman–Crippen MR) is 91.7 cm³/mol. The summed E-state index contributed by atoms with van der Waals surface area (Å²) in [6.45, 7) is -0.304. The fraction of sp³-hybridized carbons (Fsp3) is 0.353. The quantitative estimate of drug-likeness (QED) is 0.770. The van der Waals surface area contributed by atoms with Gasteiger partial charge in [0.15, 0.2) is 12.4 Å². The third-order valence-corrected chi connectivity index (χ3v) is 4.82. The van der Waals surface area contributed by atoms with E-state index in [2.05, 4.69) is 10.6 Å². The number of rotatable bonds is 6. The fourth-order valence-electron chi connectivity index (χ4n) is 2.64. The van der Waals surface area contributed by atoms with Crippen LogP contribution in [-0.4, -0.2) is 30.4 Å². The lowest BCUT2D eigenvalue weighted by Crippen LogP contribution is -2.35. The van der Waals surface area contributed by atoms with E-state index in [4.69, 9.17) is 9.15 Å². The summed E-state index contributed by atoms with van der Waals surface area (Å²) in [5.41, 5.74) is 0. The Labute approximate surface area is 148 Å². The van der Waals surface area contributed by atoms with Gasteiger partial charge in [-0.25, -0.2) is 4.79 Å². The minimum absolute atomic E-state index is 0.182. The molecular formula is C17H18N2O5S. The molecule has 2 aromatic heterocycles. The molecule has 0 atom stereocenters. The summed E-state index contributed by atoms with van der Waals surface area (Å²) in [7, 11) is 0. The first-order valence-electron chi connectivity index (χ1n) is 8.03. The number of hydrogen-bond donors (Lipinski definition) is 2. The smallest absolute Gasteiger partial charge is 0.348 e. The summed E-state index contributed by atoms with van der Waals surface area (Å²) in [4.78, 5) is 35.9. The van der Waals surface area contributed by atoms with Crippen molar-refractivity contribution in [3.8, 4) is 0 Å². The number of carbonyl (C=O) groups excluding carboxylic acids is 3. The average molecular weight is 362 g/mol. The minimum atomic E-state index is -0.593. The largest absolute Gasteiger partial charge is 0.459 e. The Balaban J connectivity index is 1.47. The minimum Gasteiger partial charge on any atom is -0.459 e. The van der Waals surface area contributed by atoms with Crippen LogP contribution in [0.4, 0.5) is 5.00 Å². The van der Waals surface area contributed by atoms with Gasteiger partial charge in [-0.05, 0) is 37.1 Å². The van der Waals surface area contributed by atoms with Crippen LogP contribution in [0.1, 0.15) is 45.9 Å². The molecule has 8 heteroatoms. The zero-order valence-electron chi connectivity index (χ0n) is 13.4. The lowest BCUT2D eigenvalue weighted by atomic mass is 10.2. The molecule has 1 aliphatic carbocycles. The van der Waals surface area contributed by atoms with Crippen molar-refractivity contribution in [2.45, 2.75) is 31.7 Å². The number of esters is 1. The van der Waals surface area contributed by atoms with Crippen molar-refractivity contribution in [3.05, 3.63) is 41.2 Å². The number of furan rings is 1. The van der Waals surface area contributed by atoms with Crippen LogP contribution >= 0.6 is 11.3 Å². The Kier molecular flexibility index (Phi) is 5.49. The van der Waals surface area contributed by atoms with Gasteiger partial charge in [0.2, 0.25) is 0 Å². The maximum Gasteiger partial charge on any atom is 0.348 e. The normalized spacial score (nSPS) is 14.2. The van der Waals surface area contributed by atoms with Crippen LogP contribution < -0.4 is 10.6 Å². The molecule has 1 fully saturated rings. The number of thiophene rings is 1. The summed E-state index contributed by atoms with van der Waals surface area (Å²) in [5.74, 6) is -1.10. The molecule has 0 saturated heterocycles. The number of amides is 2. The molecule has 0 aliphatic heterocycles. The lowest BCUT2D eigenvalue weighted by Gasteiger charge is -2.11. The monoisotopic (exact) mass is 362 g/mol. The van der Waals surface area contributed by atoms with E-state index in [-0.39, 0.29) is 24.3 Å². The number of carbonyl (C=O) groups is 3. The van der Waals surface area contributed by atoms with E-state index in [9.17, 15) is 14.4 Å². The standard InChI is InChI=1S/C17H18N2O5S/c20-14(18-11-4-1-2-5-11)10-24-17(22)13-7-8-15(25-13)19-16(21)12-6-3-9-23-12/h3,6-9,11H,1-2,4-5,10H2,(H,18,20)(H,19,21). The van der Waals surface area contributed by atoms with Crippen LogP contribution in [0.15, 0.2) is 34.9 Å². The molecule has 2 aromatic rings. The van der Waals surface area contributed by atoms with Crippen LogP contribution in [-0.2, 0) is 9.53 Å². The van der Waals surface area contributed by atoms with E-state index in [0.717, 1.165) is 37.0 Å². The summed E-state index contributed by atoms with van der Waals surface area (Å²) < 4.78 is 10.0. The van der Waals surface area contributed by atoms with Crippen molar-refractivity contribution in [1.82, 2.24) is 5.32 Å². The Morgan fingerprint density at radius 1 is 1.20 bits per heavy atom. The second-order valence-corrected chi connectivity index (χ2v) is 6.80. The molecule has 0 unspecified atom stereocenters. The van der Waals surface area contributed by atoms with Crippen molar-refractivity contribution in [2.75, 3.05) is 11.9 Å². The highest BCUT2D eigenvalue weighted by atomic mass is 32.1. The predicted octanol–water partition coefficient (Wildman–Crippen LogP) is 2.81. The summed E-state index contributed by atoms with van der Waals surface area (Å²) >= 11 is 1.07. The highest BCUT2D eigenvalue weighted by molar-refractivity contribution is 7.18. The molecular weight excluding hydrogens is 344 g/mol. The molecule has 0 aromatic carbocycles. The van der Waals surface area contributed by atoms with Crippen molar-refractivity contribution in [2.24, 2.45) is 0 Å². The molecule has 0 spiro atoms. The van der Waals surface area contributed by atoms with E-state index < -0.39 is 11.9 Å². The fourth-order valence-corrected chi connectivity index (χ4v) is 3.43. The highest BCUT2D eigenvalue weighted by Gasteiger charge is 2.19.